The fraction of sp³-hybridized carbons (Fsp3) is 0.700. The van der Waals surface area contributed by atoms with Gasteiger partial charge in [-0.1, -0.05) is 12.1 Å². The Kier molecular flexibility index (Phi) is 3.65. The summed E-state index contributed by atoms with van der Waals surface area (Å²) in [6.07, 6.45) is 0.853. The first-order valence-electron chi connectivity index (χ1n) is 5.19. The fourth-order valence-electron chi connectivity index (χ4n) is 1.26. The Morgan fingerprint density at radius 3 is 2.25 bits per heavy atom. The Balaban J connectivity index is 2.45. The van der Waals surface area contributed by atoms with Crippen molar-refractivity contribution in [1.82, 2.24) is 0 Å². The zero-order valence-electron chi connectivity index (χ0n) is 10.1. The average Bonchev–Trinajstić information content (AvgIpc) is 2.29. The molecule has 0 aromatic rings. The molecule has 0 unspecified atom stereocenters. The molecule has 0 aromatic carbocycles. The van der Waals surface area contributed by atoms with Crippen molar-refractivity contribution in [2.75, 3.05) is 6.61 Å². The SMILES string of the molecule is CC1(C)OB(C=CCOC(N)=O)OC1(C)C. The molecule has 1 amide bonds. The molecule has 16 heavy (non-hydrogen) atoms. The van der Waals surface area contributed by atoms with Crippen molar-refractivity contribution in [3.63, 3.8) is 0 Å². The molecule has 1 rings (SSSR count). The van der Waals surface area contributed by atoms with Gasteiger partial charge in [-0.05, 0) is 27.7 Å². The summed E-state index contributed by atoms with van der Waals surface area (Å²) in [7, 11) is -0.415. The second kappa shape index (κ2) is 4.47. The molecular weight excluding hydrogens is 209 g/mol. The van der Waals surface area contributed by atoms with Crippen molar-refractivity contribution in [3.8, 4) is 0 Å². The number of carbonyl (C=O) groups excluding carboxylic acids is 1. The van der Waals surface area contributed by atoms with E-state index in [9.17, 15) is 4.79 Å². The minimum Gasteiger partial charge on any atom is -0.446 e. The number of carbonyl (C=O) groups is 1. The van der Waals surface area contributed by atoms with E-state index >= 15 is 0 Å². The van der Waals surface area contributed by atoms with E-state index in [1.807, 2.05) is 27.7 Å². The summed E-state index contributed by atoms with van der Waals surface area (Å²) < 4.78 is 15.9. The Hall–Kier alpha value is -1.01. The first-order chi connectivity index (χ1) is 7.24. The van der Waals surface area contributed by atoms with Crippen LogP contribution in [0, 0.1) is 0 Å². The Labute approximate surface area is 96.1 Å². The van der Waals surface area contributed by atoms with Crippen LogP contribution in [-0.4, -0.2) is 31.0 Å². The number of rotatable bonds is 3. The second-order valence-corrected chi connectivity index (χ2v) is 4.68. The lowest BCUT2D eigenvalue weighted by molar-refractivity contribution is 0.00578. The molecule has 0 spiro atoms. The van der Waals surface area contributed by atoms with Crippen molar-refractivity contribution >= 4 is 13.2 Å². The summed E-state index contributed by atoms with van der Waals surface area (Å²) in [6, 6.07) is 0. The number of nitrogens with two attached hydrogens (primary N) is 1. The number of amides is 1. The molecular formula is C10H18BNO4. The van der Waals surface area contributed by atoms with E-state index in [1.165, 1.54) is 0 Å². The minimum absolute atomic E-state index is 0.124. The Morgan fingerprint density at radius 2 is 1.81 bits per heavy atom. The van der Waals surface area contributed by atoms with Gasteiger partial charge >= 0.3 is 13.2 Å². The summed E-state index contributed by atoms with van der Waals surface area (Å²) in [6.45, 7) is 8.02. The van der Waals surface area contributed by atoms with Gasteiger partial charge in [0.05, 0.1) is 11.2 Å². The summed E-state index contributed by atoms with van der Waals surface area (Å²) >= 11 is 0. The number of hydrogen-bond donors (Lipinski definition) is 1. The normalized spacial score (nSPS) is 22.6. The standard InChI is InChI=1S/C10H18BNO4/c1-9(2)10(3,4)16-11(15-9)6-5-7-14-8(12)13/h5-6H,7H2,1-4H3,(H2,12,13). The van der Waals surface area contributed by atoms with Crippen LogP contribution in [0.15, 0.2) is 12.1 Å². The van der Waals surface area contributed by atoms with E-state index < -0.39 is 13.2 Å². The highest BCUT2D eigenvalue weighted by atomic mass is 16.7. The molecule has 1 aliphatic rings. The lowest BCUT2D eigenvalue weighted by atomic mass is 9.90. The minimum atomic E-state index is -0.793. The van der Waals surface area contributed by atoms with E-state index in [2.05, 4.69) is 4.74 Å². The predicted molar refractivity (Wildman–Crippen MR) is 60.8 cm³/mol. The number of ether oxygens (including phenoxy) is 1. The molecule has 0 aliphatic carbocycles. The summed E-state index contributed by atoms with van der Waals surface area (Å²) in [4.78, 5) is 10.3. The molecule has 0 aromatic heterocycles. The molecule has 0 bridgehead atoms. The van der Waals surface area contributed by atoms with Crippen molar-refractivity contribution in [2.45, 2.75) is 38.9 Å². The first kappa shape index (κ1) is 13.1. The lowest BCUT2D eigenvalue weighted by Gasteiger charge is -2.32. The van der Waals surface area contributed by atoms with Crippen LogP contribution in [0.5, 0.6) is 0 Å². The van der Waals surface area contributed by atoms with E-state index in [4.69, 9.17) is 15.0 Å². The monoisotopic (exact) mass is 227 g/mol. The number of primary amides is 1. The zero-order valence-corrected chi connectivity index (χ0v) is 10.1. The highest BCUT2D eigenvalue weighted by Gasteiger charge is 2.49. The molecule has 5 nitrogen and oxygen atoms in total. The largest absolute Gasteiger partial charge is 0.486 e. The summed E-state index contributed by atoms with van der Waals surface area (Å²) in [5, 5.41) is 0. The average molecular weight is 227 g/mol. The highest BCUT2D eigenvalue weighted by molar-refractivity contribution is 6.51. The maximum absolute atomic E-state index is 10.3. The molecule has 90 valence electrons. The van der Waals surface area contributed by atoms with Gasteiger partial charge in [0.25, 0.3) is 0 Å². The third kappa shape index (κ3) is 2.99. The van der Waals surface area contributed by atoms with Crippen LogP contribution >= 0.6 is 0 Å². The maximum atomic E-state index is 10.3. The van der Waals surface area contributed by atoms with Crippen molar-refractivity contribution in [3.05, 3.63) is 12.1 Å². The van der Waals surface area contributed by atoms with Gasteiger partial charge in [-0.2, -0.15) is 0 Å². The molecule has 6 heteroatoms. The zero-order chi connectivity index (χ0) is 12.4. The van der Waals surface area contributed by atoms with Crippen LogP contribution in [0.4, 0.5) is 4.79 Å². The summed E-state index contributed by atoms with van der Waals surface area (Å²) in [5.74, 6) is 1.71. The maximum Gasteiger partial charge on any atom is 0.486 e. The van der Waals surface area contributed by atoms with Gasteiger partial charge in [0, 0.05) is 0 Å². The lowest BCUT2D eigenvalue weighted by Crippen LogP contribution is -2.41. The van der Waals surface area contributed by atoms with Gasteiger partial charge in [-0.15, -0.1) is 0 Å². The topological polar surface area (TPSA) is 70.8 Å². The molecule has 0 atom stereocenters. The van der Waals surface area contributed by atoms with Crippen molar-refractivity contribution in [1.29, 1.82) is 0 Å². The Morgan fingerprint density at radius 1 is 1.31 bits per heavy atom. The molecule has 1 aliphatic heterocycles. The predicted octanol–water partition coefficient (Wildman–Crippen LogP) is 1.27. The van der Waals surface area contributed by atoms with Crippen molar-refractivity contribution < 1.29 is 18.8 Å². The van der Waals surface area contributed by atoms with Gasteiger partial charge in [0.2, 0.25) is 0 Å². The van der Waals surface area contributed by atoms with Gasteiger partial charge < -0.3 is 19.8 Å². The molecule has 1 heterocycles. The van der Waals surface area contributed by atoms with Crippen LogP contribution in [0.25, 0.3) is 0 Å². The molecule has 0 saturated carbocycles. The highest BCUT2D eigenvalue weighted by Crippen LogP contribution is 2.36. The van der Waals surface area contributed by atoms with E-state index in [0.717, 1.165) is 0 Å². The summed E-state index contributed by atoms with van der Waals surface area (Å²) in [5.41, 5.74) is 4.11. The van der Waals surface area contributed by atoms with Crippen molar-refractivity contribution in [2.24, 2.45) is 5.73 Å². The van der Waals surface area contributed by atoms with E-state index in [0.29, 0.717) is 0 Å². The van der Waals surface area contributed by atoms with Gasteiger partial charge in [-0.25, -0.2) is 4.79 Å². The first-order valence-corrected chi connectivity index (χ1v) is 5.19. The van der Waals surface area contributed by atoms with Gasteiger partial charge in [-0.3, -0.25) is 0 Å². The van der Waals surface area contributed by atoms with Gasteiger partial charge in [0.1, 0.15) is 6.61 Å². The quantitative estimate of drug-likeness (QED) is 0.737. The fourth-order valence-corrected chi connectivity index (χ4v) is 1.26. The third-order valence-electron chi connectivity index (χ3n) is 2.89. The second-order valence-electron chi connectivity index (χ2n) is 4.68. The molecule has 1 fully saturated rings. The Bertz CT molecular complexity index is 285. The van der Waals surface area contributed by atoms with Crippen LogP contribution in [0.1, 0.15) is 27.7 Å². The van der Waals surface area contributed by atoms with E-state index in [1.54, 1.807) is 12.1 Å². The van der Waals surface area contributed by atoms with Crippen LogP contribution in [0.3, 0.4) is 0 Å². The molecule has 1 saturated heterocycles. The third-order valence-corrected chi connectivity index (χ3v) is 2.89. The van der Waals surface area contributed by atoms with Crippen LogP contribution in [-0.2, 0) is 14.0 Å². The van der Waals surface area contributed by atoms with Gasteiger partial charge in [0.15, 0.2) is 0 Å². The van der Waals surface area contributed by atoms with Crippen LogP contribution < -0.4 is 5.73 Å². The smallest absolute Gasteiger partial charge is 0.446 e. The number of hydrogen-bond acceptors (Lipinski definition) is 4. The van der Waals surface area contributed by atoms with Crippen LogP contribution in [0.2, 0.25) is 0 Å². The van der Waals surface area contributed by atoms with E-state index in [-0.39, 0.29) is 17.8 Å². The molecule has 2 N–H and O–H groups in total. The molecule has 0 radical (unpaired) electrons.